The summed E-state index contributed by atoms with van der Waals surface area (Å²) in [5, 5.41) is 9.73. The molecule has 4 nitrogen and oxygen atoms in total. The lowest BCUT2D eigenvalue weighted by Crippen LogP contribution is -1.97. The molecule has 1 aliphatic rings. The maximum absolute atomic E-state index is 4.67. The van der Waals surface area contributed by atoms with Gasteiger partial charge >= 0.3 is 0 Å². The van der Waals surface area contributed by atoms with Crippen molar-refractivity contribution >= 4 is 43.7 Å². The topological polar surface area (TPSA) is 44.8 Å². The maximum atomic E-state index is 4.67. The first-order valence-corrected chi connectivity index (χ1v) is 14.2. The second kappa shape index (κ2) is 9.86. The number of aromatic nitrogens is 3. The van der Waals surface area contributed by atoms with Gasteiger partial charge in [-0.05, 0) is 80.7 Å². The molecule has 0 saturated heterocycles. The summed E-state index contributed by atoms with van der Waals surface area (Å²) < 4.78 is 2.35. The normalized spacial score (nSPS) is 13.3. The summed E-state index contributed by atoms with van der Waals surface area (Å²) in [4.78, 5) is 8.29. The molecular weight excluding hydrogens is 512 g/mol. The van der Waals surface area contributed by atoms with Gasteiger partial charge in [0.05, 0.1) is 5.52 Å². The smallest absolute Gasteiger partial charge is 0.0568 e. The molecular formula is C38H27N4-. The lowest BCUT2D eigenvalue weighted by Gasteiger charge is -2.26. The van der Waals surface area contributed by atoms with Crippen molar-refractivity contribution in [3.05, 3.63) is 151 Å². The van der Waals surface area contributed by atoms with Crippen LogP contribution in [0.25, 0.3) is 71.3 Å². The fourth-order valence-corrected chi connectivity index (χ4v) is 6.22. The van der Waals surface area contributed by atoms with Crippen LogP contribution in [0.3, 0.4) is 0 Å². The predicted octanol–water partition coefficient (Wildman–Crippen LogP) is 9.42. The highest BCUT2D eigenvalue weighted by Crippen LogP contribution is 2.37. The van der Waals surface area contributed by atoms with E-state index >= 15 is 0 Å². The predicted molar refractivity (Wildman–Crippen MR) is 175 cm³/mol. The molecule has 0 saturated carbocycles. The van der Waals surface area contributed by atoms with Crippen molar-refractivity contribution in [2.75, 3.05) is 6.54 Å². The molecule has 0 N–H and O–H groups in total. The van der Waals surface area contributed by atoms with Crippen molar-refractivity contribution in [1.29, 1.82) is 0 Å². The van der Waals surface area contributed by atoms with Gasteiger partial charge in [-0.3, -0.25) is 9.97 Å². The van der Waals surface area contributed by atoms with E-state index in [9.17, 15) is 0 Å². The van der Waals surface area contributed by atoms with Gasteiger partial charge in [-0.15, -0.1) is 6.54 Å². The third kappa shape index (κ3) is 4.08. The summed E-state index contributed by atoms with van der Waals surface area (Å²) in [7, 11) is 2.18. The summed E-state index contributed by atoms with van der Waals surface area (Å²) in [5.74, 6) is 0. The molecule has 1 aliphatic heterocycles. The Balaban J connectivity index is 1.18. The molecule has 7 aromatic rings. The number of rotatable bonds is 4. The monoisotopic (exact) mass is 539 g/mol. The van der Waals surface area contributed by atoms with Gasteiger partial charge in [-0.2, -0.15) is 6.20 Å². The Kier molecular flexibility index (Phi) is 5.71. The fraction of sp³-hybridized carbons (Fsp3) is 0.0526. The number of hydrogen-bond acceptors (Lipinski definition) is 2. The SMILES string of the molecule is Cn1c2cc(C3=CC(c4ccncc4)=C[N-]C3)ccc2c2ccc3cc(-c4ccc(-c5ccncc5)cc4)ccc3c21. The van der Waals surface area contributed by atoms with E-state index in [1.165, 1.54) is 66.0 Å². The van der Waals surface area contributed by atoms with Gasteiger partial charge in [0.1, 0.15) is 0 Å². The van der Waals surface area contributed by atoms with Gasteiger partial charge in [-0.25, -0.2) is 0 Å². The van der Waals surface area contributed by atoms with Gasteiger partial charge < -0.3 is 9.88 Å². The van der Waals surface area contributed by atoms with E-state index in [1.807, 2.05) is 55.3 Å². The third-order valence-corrected chi connectivity index (χ3v) is 8.41. The van der Waals surface area contributed by atoms with Crippen LogP contribution in [0.4, 0.5) is 0 Å². The summed E-state index contributed by atoms with van der Waals surface area (Å²) >= 11 is 0. The number of allylic oxidation sites excluding steroid dienone is 2. The molecule has 0 bridgehead atoms. The van der Waals surface area contributed by atoms with E-state index in [4.69, 9.17) is 0 Å². The average molecular weight is 540 g/mol. The zero-order valence-electron chi connectivity index (χ0n) is 23.2. The van der Waals surface area contributed by atoms with E-state index in [1.54, 1.807) is 0 Å². The fourth-order valence-electron chi connectivity index (χ4n) is 6.22. The minimum atomic E-state index is 0.680. The first kappa shape index (κ1) is 24.3. The quantitative estimate of drug-likeness (QED) is 0.224. The summed E-state index contributed by atoms with van der Waals surface area (Å²) in [6.45, 7) is 0.680. The van der Waals surface area contributed by atoms with E-state index in [0.717, 1.165) is 11.1 Å². The molecule has 4 aromatic carbocycles. The van der Waals surface area contributed by atoms with Crippen LogP contribution in [0.5, 0.6) is 0 Å². The Morgan fingerprint density at radius 2 is 1.17 bits per heavy atom. The molecule has 3 aromatic heterocycles. The summed E-state index contributed by atoms with van der Waals surface area (Å²) in [5.41, 5.74) is 12.0. The standard InChI is InChI=1S/C38H27N4/c1-42-37-22-30(33-21-32(23-41-24-33)28-14-18-40-19-15-28)7-10-35(37)36-11-8-31-20-29(6-9-34(31)38(36)42)26-4-2-25(3-5-26)27-12-16-39-17-13-27/h2-23H,24H2,1H3/q-1. The van der Waals surface area contributed by atoms with E-state index < -0.39 is 0 Å². The Morgan fingerprint density at radius 3 is 1.93 bits per heavy atom. The highest BCUT2D eigenvalue weighted by Gasteiger charge is 2.14. The average Bonchev–Trinajstić information content (AvgIpc) is 3.36. The molecule has 4 heteroatoms. The van der Waals surface area contributed by atoms with Crippen LogP contribution in [0.2, 0.25) is 0 Å². The molecule has 0 amide bonds. The highest BCUT2D eigenvalue weighted by molar-refractivity contribution is 6.18. The number of hydrogen-bond donors (Lipinski definition) is 0. The highest BCUT2D eigenvalue weighted by atomic mass is 14.9. The van der Waals surface area contributed by atoms with Gasteiger partial charge in [0.25, 0.3) is 0 Å². The minimum absolute atomic E-state index is 0.680. The zero-order chi connectivity index (χ0) is 28.0. The van der Waals surface area contributed by atoms with Crippen molar-refractivity contribution < 1.29 is 0 Å². The molecule has 0 unspecified atom stereocenters. The third-order valence-electron chi connectivity index (χ3n) is 8.41. The number of nitrogens with zero attached hydrogens (tertiary/aromatic N) is 4. The van der Waals surface area contributed by atoms with Gasteiger partial charge in [0.2, 0.25) is 0 Å². The molecule has 0 aliphatic carbocycles. The lowest BCUT2D eigenvalue weighted by atomic mass is 9.96. The Bertz CT molecular complexity index is 2170. The van der Waals surface area contributed by atoms with E-state index in [0.29, 0.717) is 6.54 Å². The van der Waals surface area contributed by atoms with Crippen LogP contribution in [0.1, 0.15) is 11.1 Å². The molecule has 0 fully saturated rings. The first-order chi connectivity index (χ1) is 20.7. The number of aryl methyl sites for hydroxylation is 1. The Hall–Kier alpha value is -5.48. The van der Waals surface area contributed by atoms with Gasteiger partial charge in [0, 0.05) is 53.5 Å². The van der Waals surface area contributed by atoms with Crippen LogP contribution in [-0.4, -0.2) is 21.1 Å². The summed E-state index contributed by atoms with van der Waals surface area (Å²) in [6, 6.07) is 35.1. The number of fused-ring (bicyclic) bond motifs is 5. The molecule has 0 radical (unpaired) electrons. The van der Waals surface area contributed by atoms with Crippen molar-refractivity contribution in [2.24, 2.45) is 7.05 Å². The molecule has 200 valence electrons. The van der Waals surface area contributed by atoms with Gasteiger partial charge in [-0.1, -0.05) is 72.3 Å². The number of pyridine rings is 2. The van der Waals surface area contributed by atoms with Crippen molar-refractivity contribution in [2.45, 2.75) is 0 Å². The molecule has 0 spiro atoms. The van der Waals surface area contributed by atoms with Crippen molar-refractivity contribution in [1.82, 2.24) is 14.5 Å². The largest absolute Gasteiger partial charge is 0.686 e. The van der Waals surface area contributed by atoms with Crippen LogP contribution in [0.15, 0.2) is 134 Å². The van der Waals surface area contributed by atoms with E-state index in [-0.39, 0.29) is 0 Å². The van der Waals surface area contributed by atoms with Crippen molar-refractivity contribution in [3.8, 4) is 22.3 Å². The Morgan fingerprint density at radius 1 is 0.571 bits per heavy atom. The maximum Gasteiger partial charge on any atom is 0.0568 e. The van der Waals surface area contributed by atoms with Crippen LogP contribution >= 0.6 is 0 Å². The zero-order valence-corrected chi connectivity index (χ0v) is 23.2. The summed E-state index contributed by atoms with van der Waals surface area (Å²) in [6.07, 6.45) is 11.5. The van der Waals surface area contributed by atoms with Crippen molar-refractivity contribution in [3.63, 3.8) is 0 Å². The van der Waals surface area contributed by atoms with Crippen LogP contribution in [-0.2, 0) is 7.05 Å². The van der Waals surface area contributed by atoms with E-state index in [2.05, 4.69) is 106 Å². The minimum Gasteiger partial charge on any atom is -0.686 e. The second-order valence-electron chi connectivity index (χ2n) is 10.8. The molecule has 0 atom stereocenters. The van der Waals surface area contributed by atoms with Crippen LogP contribution in [0, 0.1) is 0 Å². The van der Waals surface area contributed by atoms with Gasteiger partial charge in [0.15, 0.2) is 0 Å². The lowest BCUT2D eigenvalue weighted by molar-refractivity contribution is 1.02. The molecule has 8 rings (SSSR count). The second-order valence-corrected chi connectivity index (χ2v) is 10.8. The number of benzene rings is 4. The Labute approximate surface area is 244 Å². The molecule has 42 heavy (non-hydrogen) atoms. The first-order valence-electron chi connectivity index (χ1n) is 14.2. The van der Waals surface area contributed by atoms with Crippen LogP contribution < -0.4 is 0 Å². The molecule has 4 heterocycles.